The number of nitrogens with two attached hydrogens (primary N) is 1. The molecule has 0 radical (unpaired) electrons. The summed E-state index contributed by atoms with van der Waals surface area (Å²) < 4.78 is 0. The largest absolute Gasteiger partial charge is 0.308 e. The highest BCUT2D eigenvalue weighted by Crippen LogP contribution is 2.26. The summed E-state index contributed by atoms with van der Waals surface area (Å²) >= 11 is 1.72. The van der Waals surface area contributed by atoms with Crippen LogP contribution in [0.25, 0.3) is 0 Å². The zero-order valence-corrected chi connectivity index (χ0v) is 10.5. The highest BCUT2D eigenvalue weighted by Gasteiger charge is 2.12. The Morgan fingerprint density at radius 2 is 2.07 bits per heavy atom. The monoisotopic (exact) mass is 226 g/mol. The standard InChI is InChI=1S/C10H18N4S/c1-5-15-10-7(4)9(14-11)12-8(13-10)6(2)3/h6H,5,11H2,1-4H3,(H,12,13,14). The molecule has 0 atom stereocenters. The van der Waals surface area contributed by atoms with Gasteiger partial charge in [0.25, 0.3) is 0 Å². The molecule has 1 aromatic heterocycles. The van der Waals surface area contributed by atoms with Crippen LogP contribution in [0.15, 0.2) is 5.03 Å². The Morgan fingerprint density at radius 3 is 2.53 bits per heavy atom. The van der Waals surface area contributed by atoms with Crippen molar-refractivity contribution in [2.24, 2.45) is 5.84 Å². The van der Waals surface area contributed by atoms with Gasteiger partial charge < -0.3 is 5.43 Å². The lowest BCUT2D eigenvalue weighted by molar-refractivity contribution is 0.749. The lowest BCUT2D eigenvalue weighted by atomic mass is 10.2. The molecule has 0 fully saturated rings. The molecule has 0 aromatic carbocycles. The van der Waals surface area contributed by atoms with Crippen LogP contribution in [-0.2, 0) is 0 Å². The summed E-state index contributed by atoms with van der Waals surface area (Å²) in [7, 11) is 0. The molecule has 0 aliphatic heterocycles. The van der Waals surface area contributed by atoms with Crippen molar-refractivity contribution in [2.45, 2.75) is 38.6 Å². The van der Waals surface area contributed by atoms with Gasteiger partial charge in [0.05, 0.1) is 0 Å². The van der Waals surface area contributed by atoms with E-state index in [2.05, 4.69) is 36.2 Å². The van der Waals surface area contributed by atoms with Gasteiger partial charge in [-0.3, -0.25) is 0 Å². The van der Waals surface area contributed by atoms with Gasteiger partial charge in [0.15, 0.2) is 0 Å². The molecule has 1 aromatic rings. The smallest absolute Gasteiger partial charge is 0.147 e. The number of aromatic nitrogens is 2. The fraction of sp³-hybridized carbons (Fsp3) is 0.600. The Labute approximate surface area is 95.0 Å². The number of hydrogen-bond acceptors (Lipinski definition) is 5. The summed E-state index contributed by atoms with van der Waals surface area (Å²) in [5.74, 6) is 8.31. The van der Waals surface area contributed by atoms with Gasteiger partial charge in [-0.05, 0) is 12.7 Å². The molecule has 0 saturated carbocycles. The quantitative estimate of drug-likeness (QED) is 0.357. The highest BCUT2D eigenvalue weighted by molar-refractivity contribution is 7.99. The minimum atomic E-state index is 0.314. The van der Waals surface area contributed by atoms with Gasteiger partial charge in [-0.25, -0.2) is 15.8 Å². The maximum Gasteiger partial charge on any atom is 0.147 e. The molecular formula is C10H18N4S. The Hall–Kier alpha value is -0.810. The second-order valence-electron chi connectivity index (χ2n) is 3.59. The first-order valence-electron chi connectivity index (χ1n) is 5.08. The summed E-state index contributed by atoms with van der Waals surface area (Å²) in [6, 6.07) is 0. The minimum absolute atomic E-state index is 0.314. The molecule has 4 nitrogen and oxygen atoms in total. The Balaban J connectivity index is 3.19. The first-order valence-corrected chi connectivity index (χ1v) is 6.06. The molecule has 0 aliphatic carbocycles. The maximum absolute atomic E-state index is 5.44. The van der Waals surface area contributed by atoms with Crippen LogP contribution in [-0.4, -0.2) is 15.7 Å². The van der Waals surface area contributed by atoms with E-state index in [0.29, 0.717) is 5.92 Å². The third-order valence-corrected chi connectivity index (χ3v) is 3.01. The van der Waals surface area contributed by atoms with Crippen LogP contribution in [0.1, 0.15) is 38.1 Å². The van der Waals surface area contributed by atoms with Crippen LogP contribution in [0, 0.1) is 6.92 Å². The third-order valence-electron chi connectivity index (χ3n) is 2.05. The zero-order valence-electron chi connectivity index (χ0n) is 9.66. The van der Waals surface area contributed by atoms with Crippen LogP contribution in [0.4, 0.5) is 5.82 Å². The number of nitrogens with zero attached hydrogens (tertiary/aromatic N) is 2. The summed E-state index contributed by atoms with van der Waals surface area (Å²) in [5.41, 5.74) is 3.65. The van der Waals surface area contributed by atoms with E-state index >= 15 is 0 Å². The topological polar surface area (TPSA) is 63.8 Å². The van der Waals surface area contributed by atoms with Crippen molar-refractivity contribution in [3.05, 3.63) is 11.4 Å². The zero-order chi connectivity index (χ0) is 11.4. The van der Waals surface area contributed by atoms with E-state index in [1.807, 2.05) is 6.92 Å². The number of hydrazine groups is 1. The lowest BCUT2D eigenvalue weighted by Crippen LogP contribution is -2.13. The Bertz CT molecular complexity index is 338. The van der Waals surface area contributed by atoms with E-state index in [9.17, 15) is 0 Å². The number of nitrogens with one attached hydrogen (secondary N) is 1. The number of anilines is 1. The maximum atomic E-state index is 5.44. The van der Waals surface area contributed by atoms with Crippen LogP contribution in [0.2, 0.25) is 0 Å². The lowest BCUT2D eigenvalue weighted by Gasteiger charge is -2.12. The molecular weight excluding hydrogens is 208 g/mol. The average Bonchev–Trinajstić information content (AvgIpc) is 2.21. The molecule has 15 heavy (non-hydrogen) atoms. The summed E-state index contributed by atoms with van der Waals surface area (Å²) in [6.07, 6.45) is 0. The van der Waals surface area contributed by atoms with Crippen molar-refractivity contribution in [1.29, 1.82) is 0 Å². The van der Waals surface area contributed by atoms with Crippen molar-refractivity contribution >= 4 is 17.6 Å². The molecule has 84 valence electrons. The predicted molar refractivity (Wildman–Crippen MR) is 65.1 cm³/mol. The number of thioether (sulfide) groups is 1. The van der Waals surface area contributed by atoms with E-state index in [0.717, 1.165) is 28.0 Å². The van der Waals surface area contributed by atoms with Gasteiger partial charge in [-0.15, -0.1) is 11.8 Å². The summed E-state index contributed by atoms with van der Waals surface area (Å²) in [5, 5.41) is 1.02. The minimum Gasteiger partial charge on any atom is -0.308 e. The fourth-order valence-corrected chi connectivity index (χ4v) is 1.93. The van der Waals surface area contributed by atoms with Gasteiger partial charge >= 0.3 is 0 Å². The molecule has 5 heteroatoms. The van der Waals surface area contributed by atoms with Crippen molar-refractivity contribution in [2.75, 3.05) is 11.2 Å². The predicted octanol–water partition coefficient (Wildman–Crippen LogP) is 2.31. The molecule has 1 heterocycles. The van der Waals surface area contributed by atoms with Gasteiger partial charge in [0, 0.05) is 11.5 Å². The highest BCUT2D eigenvalue weighted by atomic mass is 32.2. The van der Waals surface area contributed by atoms with Crippen LogP contribution < -0.4 is 11.3 Å². The third kappa shape index (κ3) is 2.82. The molecule has 0 amide bonds. The molecule has 0 aliphatic rings. The normalized spacial score (nSPS) is 10.8. The van der Waals surface area contributed by atoms with Crippen molar-refractivity contribution < 1.29 is 0 Å². The fourth-order valence-electron chi connectivity index (χ4n) is 1.19. The Kier molecular flexibility index (Phi) is 4.35. The second-order valence-corrected chi connectivity index (χ2v) is 4.85. The molecule has 0 unspecified atom stereocenters. The van der Waals surface area contributed by atoms with Crippen molar-refractivity contribution in [3.63, 3.8) is 0 Å². The van der Waals surface area contributed by atoms with Crippen molar-refractivity contribution in [1.82, 2.24) is 9.97 Å². The molecule has 3 N–H and O–H groups in total. The van der Waals surface area contributed by atoms with E-state index in [1.165, 1.54) is 0 Å². The molecule has 1 rings (SSSR count). The SMILES string of the molecule is CCSc1nc(C(C)C)nc(NN)c1C. The Morgan fingerprint density at radius 1 is 1.40 bits per heavy atom. The second kappa shape index (κ2) is 5.32. The van der Waals surface area contributed by atoms with Crippen LogP contribution in [0.5, 0.6) is 0 Å². The van der Waals surface area contributed by atoms with E-state index < -0.39 is 0 Å². The molecule has 0 bridgehead atoms. The number of nitrogen functional groups attached to an aromatic ring is 1. The van der Waals surface area contributed by atoms with Gasteiger partial charge in [0.2, 0.25) is 0 Å². The molecule has 0 spiro atoms. The van der Waals surface area contributed by atoms with Gasteiger partial charge in [0.1, 0.15) is 16.7 Å². The summed E-state index contributed by atoms with van der Waals surface area (Å²) in [4.78, 5) is 8.90. The van der Waals surface area contributed by atoms with E-state index in [4.69, 9.17) is 5.84 Å². The van der Waals surface area contributed by atoms with Gasteiger partial charge in [-0.1, -0.05) is 20.8 Å². The number of rotatable bonds is 4. The molecule has 0 saturated heterocycles. The van der Waals surface area contributed by atoms with Crippen LogP contribution >= 0.6 is 11.8 Å². The van der Waals surface area contributed by atoms with Crippen LogP contribution in [0.3, 0.4) is 0 Å². The first kappa shape index (κ1) is 12.3. The average molecular weight is 226 g/mol. The first-order chi connectivity index (χ1) is 7.10. The number of hydrogen-bond donors (Lipinski definition) is 2. The van der Waals surface area contributed by atoms with Crippen molar-refractivity contribution in [3.8, 4) is 0 Å². The van der Waals surface area contributed by atoms with E-state index in [-0.39, 0.29) is 0 Å². The van der Waals surface area contributed by atoms with E-state index in [1.54, 1.807) is 11.8 Å². The van der Waals surface area contributed by atoms with Gasteiger partial charge in [-0.2, -0.15) is 0 Å². The summed E-state index contributed by atoms with van der Waals surface area (Å²) in [6.45, 7) is 8.24.